The summed E-state index contributed by atoms with van der Waals surface area (Å²) in [7, 11) is 9.38. The van der Waals surface area contributed by atoms with Crippen molar-refractivity contribution in [2.45, 2.75) is 117 Å². The lowest BCUT2D eigenvalue weighted by Gasteiger charge is -2.35. The van der Waals surface area contributed by atoms with Gasteiger partial charge < -0.3 is 55.7 Å². The minimum absolute atomic E-state index is 0.0273. The zero-order chi connectivity index (χ0) is 60.2. The Morgan fingerprint density at radius 2 is 1.64 bits per heavy atom. The topological polar surface area (TPSA) is 252 Å². The molecule has 440 valence electrons. The molecule has 3 aromatic carbocycles. The van der Waals surface area contributed by atoms with E-state index in [9.17, 15) is 34.3 Å². The average Bonchev–Trinajstić information content (AvgIpc) is 3.78. The van der Waals surface area contributed by atoms with Crippen molar-refractivity contribution in [1.82, 2.24) is 45.3 Å². The number of nitrogens with zero attached hydrogens (tertiary/aromatic N) is 8. The highest BCUT2D eigenvalue weighted by Gasteiger charge is 2.44. The van der Waals surface area contributed by atoms with Crippen LogP contribution in [0.5, 0.6) is 5.75 Å². The number of aromatic nitrogens is 4. The van der Waals surface area contributed by atoms with Crippen molar-refractivity contribution in [3.05, 3.63) is 108 Å². The highest BCUT2D eigenvalue weighted by Crippen LogP contribution is 2.39. The van der Waals surface area contributed by atoms with Gasteiger partial charge in [0.1, 0.15) is 29.5 Å². The Labute approximate surface area is 490 Å². The largest absolute Gasteiger partial charge is 0.494 e. The summed E-state index contributed by atoms with van der Waals surface area (Å²) in [5.74, 6) is -1.31. The Morgan fingerprint density at radius 3 is 2.30 bits per heavy atom. The van der Waals surface area contributed by atoms with Gasteiger partial charge in [-0.05, 0) is 88.5 Å². The number of carbonyl (C=O) groups excluding carboxylic acids is 5. The number of methoxy groups -OCH3 is 1. The van der Waals surface area contributed by atoms with E-state index in [1.54, 1.807) is 56.1 Å². The number of aryl methyl sites for hydroxylation is 2. The molecule has 0 saturated carbocycles. The maximum Gasteiger partial charge on any atom is 0.266 e. The molecule has 20 nitrogen and oxygen atoms in total. The van der Waals surface area contributed by atoms with Crippen LogP contribution in [0.15, 0.2) is 96.3 Å². The van der Waals surface area contributed by atoms with Crippen molar-refractivity contribution in [3.63, 3.8) is 0 Å². The van der Waals surface area contributed by atoms with Crippen LogP contribution in [0.25, 0.3) is 32.6 Å². The summed E-state index contributed by atoms with van der Waals surface area (Å²) in [4.78, 5) is 88.6. The Morgan fingerprint density at radius 1 is 0.928 bits per heavy atom. The number of hydrogen-bond acceptors (Lipinski definition) is 15. The lowest BCUT2D eigenvalue weighted by Crippen LogP contribution is -2.57. The third-order valence-corrected chi connectivity index (χ3v) is 15.5. The van der Waals surface area contributed by atoms with Gasteiger partial charge in [0.15, 0.2) is 0 Å². The van der Waals surface area contributed by atoms with Crippen LogP contribution in [0.1, 0.15) is 90.8 Å². The second-order valence-electron chi connectivity index (χ2n) is 23.1. The summed E-state index contributed by atoms with van der Waals surface area (Å²) < 4.78 is 7.91. The number of para-hydroxylation sites is 1. The zero-order valence-corrected chi connectivity index (χ0v) is 50.4. The van der Waals surface area contributed by atoms with Crippen LogP contribution in [0.4, 0.5) is 23.0 Å². The predicted molar refractivity (Wildman–Crippen MR) is 326 cm³/mol. The number of aliphatic hydroxyl groups excluding tert-OH is 1. The van der Waals surface area contributed by atoms with Gasteiger partial charge in [0.25, 0.3) is 5.91 Å². The van der Waals surface area contributed by atoms with Gasteiger partial charge in [0.2, 0.25) is 29.6 Å². The van der Waals surface area contributed by atoms with Gasteiger partial charge in [-0.2, -0.15) is 5.26 Å². The third kappa shape index (κ3) is 16.5. The molecule has 0 spiro atoms. The number of hydrogen-bond donors (Lipinski definition) is 6. The van der Waals surface area contributed by atoms with Crippen LogP contribution >= 0.6 is 11.3 Å². The lowest BCUT2D eigenvalue weighted by atomic mass is 9.85. The number of anilines is 4. The second-order valence-corrected chi connectivity index (χ2v) is 24.0. The maximum atomic E-state index is 14.1. The molecule has 3 atom stereocenters. The number of carbonyl (C=O) groups is 5. The number of nitriles is 1. The smallest absolute Gasteiger partial charge is 0.266 e. The molecule has 6 N–H and O–H groups in total. The minimum atomic E-state index is -1.09. The molecular weight excluding hydrogens is 1070 g/mol. The highest BCUT2D eigenvalue weighted by atomic mass is 32.1. The molecule has 0 unspecified atom stereocenters. The molecule has 5 amide bonds. The molecule has 1 saturated heterocycles. The van der Waals surface area contributed by atoms with E-state index >= 15 is 0 Å². The Kier molecular flexibility index (Phi) is 20.8. The van der Waals surface area contributed by atoms with Crippen LogP contribution in [0.2, 0.25) is 0 Å². The number of thiazole rings is 1. The summed E-state index contributed by atoms with van der Waals surface area (Å²) in [6, 6.07) is 21.5. The number of nitrogens with one attached hydrogen (secondary N) is 5. The van der Waals surface area contributed by atoms with Gasteiger partial charge in [0.05, 0.1) is 57.6 Å². The molecule has 1 aliphatic rings. The Bertz CT molecular complexity index is 3360. The van der Waals surface area contributed by atoms with Crippen LogP contribution < -0.4 is 36.2 Å². The van der Waals surface area contributed by atoms with Gasteiger partial charge in [0, 0.05) is 94.5 Å². The van der Waals surface area contributed by atoms with Crippen molar-refractivity contribution >= 4 is 74.8 Å². The molecule has 7 rings (SSSR count). The van der Waals surface area contributed by atoms with E-state index in [0.717, 1.165) is 38.2 Å². The third-order valence-electron chi connectivity index (χ3n) is 14.5. The fourth-order valence-electron chi connectivity index (χ4n) is 10.1. The van der Waals surface area contributed by atoms with E-state index in [1.807, 2.05) is 131 Å². The van der Waals surface area contributed by atoms with Crippen molar-refractivity contribution in [2.75, 3.05) is 63.4 Å². The summed E-state index contributed by atoms with van der Waals surface area (Å²) in [5, 5.41) is 37.1. The van der Waals surface area contributed by atoms with Gasteiger partial charge in [-0.3, -0.25) is 24.0 Å². The molecule has 0 aliphatic carbocycles. The quantitative estimate of drug-likeness (QED) is 0.0179. The molecule has 4 heterocycles. The van der Waals surface area contributed by atoms with E-state index in [4.69, 9.17) is 9.72 Å². The molecule has 1 aliphatic heterocycles. The molecule has 21 heteroatoms. The fourth-order valence-corrected chi connectivity index (χ4v) is 10.9. The number of likely N-dealkylation sites (tertiary alicyclic amines) is 1. The van der Waals surface area contributed by atoms with Crippen LogP contribution in [0.3, 0.4) is 0 Å². The van der Waals surface area contributed by atoms with E-state index in [2.05, 4.69) is 42.6 Å². The molecule has 83 heavy (non-hydrogen) atoms. The molecule has 1 fully saturated rings. The highest BCUT2D eigenvalue weighted by molar-refractivity contribution is 7.13. The first-order valence-electron chi connectivity index (χ1n) is 28.0. The first kappa shape index (κ1) is 62.4. The van der Waals surface area contributed by atoms with Gasteiger partial charge in [-0.25, -0.2) is 15.0 Å². The molecule has 3 aromatic heterocycles. The van der Waals surface area contributed by atoms with Crippen LogP contribution in [-0.2, 0) is 37.6 Å². The average molecular weight is 1150 g/mol. The Hall–Kier alpha value is -8.19. The number of β-amino-alcohol motifs (C(OH)–C–C–N with tert-alkyl or cyclic N) is 1. The van der Waals surface area contributed by atoms with E-state index in [1.165, 1.54) is 11.0 Å². The van der Waals surface area contributed by atoms with Gasteiger partial charge in [-0.1, -0.05) is 76.1 Å². The normalized spacial score (nSPS) is 14.9. The number of fused-ring (bicyclic) bond motifs is 1. The first-order valence-corrected chi connectivity index (χ1v) is 28.9. The SMILES string of the molecule is COc1cc(N(C)CCN(C)C)c(NC(=O)/C(C#N)=C/C(C)(C)NC(=O)CCCCCCC(=O)N[C@H](C(=O)N2C[C@H](O)C[C@H]2C(=O)NCc2ccc(-c3scnc3C)cc2)C(C)(C)C)cc1Nc1nccc(-c2cn(C)c3ccccc23)n1. The number of rotatable bonds is 25. The molecule has 0 radical (unpaired) electrons. The standard InChI is InChI=1S/C62H79N13O7S/c1-39-55(83-38-66-39)41-24-22-40(23-25-41)35-65-58(80)51-30-43(76)36-75(51)59(81)56(61(2,3)4)70-53(77)20-14-12-13-15-21-54(78)71-62(5,6)33-42(34-63)57(79)67-47-31-48(52(82-11)32-50(47)73(9)29-28-72(7)8)69-60-64-27-26-46(68-60)45-37-74(10)49-19-17-16-18-44(45)49/h16-19,22-27,31-33,37-38,43,51,56,76H,12-15,20-21,28-30,35-36H2,1-11H3,(H,65,80)(H,67,79)(H,70,77)(H,71,78)(H,64,68,69)/b42-33+/t43-,51+,56-/m1/s1. The second kappa shape index (κ2) is 27.7. The van der Waals surface area contributed by atoms with Gasteiger partial charge in [-0.15, -0.1) is 11.3 Å². The predicted octanol–water partition coefficient (Wildman–Crippen LogP) is 8.25. The zero-order valence-electron chi connectivity index (χ0n) is 49.6. The van der Waals surface area contributed by atoms with E-state index in [-0.39, 0.29) is 55.6 Å². The van der Waals surface area contributed by atoms with E-state index < -0.39 is 41.0 Å². The number of benzene rings is 3. The summed E-state index contributed by atoms with van der Waals surface area (Å²) in [6.45, 7) is 12.4. The van der Waals surface area contributed by atoms with Gasteiger partial charge >= 0.3 is 0 Å². The van der Waals surface area contributed by atoms with Crippen molar-refractivity contribution < 1.29 is 33.8 Å². The number of ether oxygens (including phenoxy) is 1. The van der Waals surface area contributed by atoms with Crippen molar-refractivity contribution in [1.29, 1.82) is 5.26 Å². The number of amides is 5. The number of likely N-dealkylation sites (N-methyl/N-ethyl adjacent to an activating group) is 2. The number of unbranched alkanes of at least 4 members (excludes halogenated alkanes) is 3. The number of aliphatic hydroxyl groups is 1. The fraction of sp³-hybridized carbons (Fsp3) is 0.435. The van der Waals surface area contributed by atoms with Crippen LogP contribution in [0, 0.1) is 23.7 Å². The van der Waals surface area contributed by atoms with Crippen LogP contribution in [-0.4, -0.2) is 136 Å². The summed E-state index contributed by atoms with van der Waals surface area (Å²) in [6.07, 6.45) is 6.98. The first-order chi connectivity index (χ1) is 39.4. The monoisotopic (exact) mass is 1150 g/mol. The molecular formula is C62H79N13O7S. The maximum absolute atomic E-state index is 14.1. The summed E-state index contributed by atoms with van der Waals surface area (Å²) in [5.41, 5.74) is 6.89. The summed E-state index contributed by atoms with van der Waals surface area (Å²) >= 11 is 1.56. The lowest BCUT2D eigenvalue weighted by molar-refractivity contribution is -0.144. The minimum Gasteiger partial charge on any atom is -0.494 e. The molecule has 0 bridgehead atoms. The molecule has 6 aromatic rings. The van der Waals surface area contributed by atoms with Crippen molar-refractivity contribution in [2.24, 2.45) is 12.5 Å². The van der Waals surface area contributed by atoms with E-state index in [0.29, 0.717) is 73.2 Å². The van der Waals surface area contributed by atoms with Crippen molar-refractivity contribution in [3.8, 4) is 33.5 Å². The Balaban J connectivity index is 0.904.